The number of nitrogens with one attached hydrogen (secondary N) is 1. The molecule has 0 bridgehead atoms. The number of hydrogen-bond donors (Lipinski definition) is 2. The number of benzene rings is 2. The summed E-state index contributed by atoms with van der Waals surface area (Å²) in [5.41, 5.74) is -2.75. The van der Waals surface area contributed by atoms with Gasteiger partial charge < -0.3 is 15.2 Å². The zero-order valence-electron chi connectivity index (χ0n) is 21.8. The number of ether oxygens (including phenoxy) is 1. The third-order valence-electron chi connectivity index (χ3n) is 6.80. The molecule has 40 heavy (non-hydrogen) atoms. The first-order chi connectivity index (χ1) is 18.5. The summed E-state index contributed by atoms with van der Waals surface area (Å²) in [4.78, 5) is 38.1. The first-order valence-corrected chi connectivity index (χ1v) is 12.9. The summed E-state index contributed by atoms with van der Waals surface area (Å²) in [6.07, 6.45) is -7.12. The van der Waals surface area contributed by atoms with Crippen molar-refractivity contribution in [2.75, 3.05) is 13.2 Å². The highest BCUT2D eigenvalue weighted by atomic mass is 35.5. The lowest BCUT2D eigenvalue weighted by Crippen LogP contribution is -2.39. The van der Waals surface area contributed by atoms with Gasteiger partial charge in [-0.15, -0.1) is 0 Å². The number of hydrogen-bond acceptors (Lipinski definition) is 5. The predicted octanol–water partition coefficient (Wildman–Crippen LogP) is 5.75. The largest absolute Gasteiger partial charge is 0.487 e. The lowest BCUT2D eigenvalue weighted by molar-refractivity contribution is -0.210. The van der Waals surface area contributed by atoms with E-state index >= 15 is 0 Å². The van der Waals surface area contributed by atoms with E-state index < -0.39 is 54.1 Å². The molecule has 6 nitrogen and oxygen atoms in total. The van der Waals surface area contributed by atoms with Crippen molar-refractivity contribution >= 4 is 29.1 Å². The zero-order chi connectivity index (χ0) is 29.9. The van der Waals surface area contributed by atoms with Crippen molar-refractivity contribution in [2.24, 2.45) is 5.41 Å². The summed E-state index contributed by atoms with van der Waals surface area (Å²) >= 11 is 6.20. The second-order valence-electron chi connectivity index (χ2n) is 10.4. The van der Waals surface area contributed by atoms with E-state index in [-0.39, 0.29) is 41.3 Å². The molecule has 3 rings (SSSR count). The maximum Gasteiger partial charge on any atom is 0.400 e. The van der Waals surface area contributed by atoms with Gasteiger partial charge in [-0.1, -0.05) is 23.7 Å². The molecule has 0 heterocycles. The van der Waals surface area contributed by atoms with Crippen molar-refractivity contribution in [1.82, 2.24) is 5.32 Å². The molecular weight excluding hydrogens is 561 g/mol. The van der Waals surface area contributed by atoms with E-state index in [2.05, 4.69) is 5.32 Å². The van der Waals surface area contributed by atoms with E-state index in [4.69, 9.17) is 16.3 Å². The fourth-order valence-electron chi connectivity index (χ4n) is 3.75. The Morgan fingerprint density at radius 1 is 1.05 bits per heavy atom. The van der Waals surface area contributed by atoms with Gasteiger partial charge in [-0.2, -0.15) is 13.2 Å². The van der Waals surface area contributed by atoms with Gasteiger partial charge in [0.05, 0.1) is 16.2 Å². The molecule has 0 spiro atoms. The molecule has 218 valence electrons. The summed E-state index contributed by atoms with van der Waals surface area (Å²) in [6.45, 7) is 0.651. The highest BCUT2D eigenvalue weighted by Gasteiger charge is 2.51. The van der Waals surface area contributed by atoms with E-state index in [0.29, 0.717) is 24.0 Å². The number of halogens is 6. The molecule has 0 saturated heterocycles. The fourth-order valence-corrected chi connectivity index (χ4v) is 3.98. The molecule has 2 aromatic carbocycles. The Kier molecular flexibility index (Phi) is 9.62. The van der Waals surface area contributed by atoms with Crippen LogP contribution in [0.2, 0.25) is 5.02 Å². The SMILES string of the molecule is CC(C)(C(=O)CCc1ccc(Cl)c(C(=O)Cc2ccc(OCC(F)F)c(C(=O)NCC3(O)CC3)c2)c1)C(F)(F)F. The predicted molar refractivity (Wildman–Crippen MR) is 137 cm³/mol. The van der Waals surface area contributed by atoms with Crippen LogP contribution in [0, 0.1) is 5.41 Å². The molecule has 1 aliphatic carbocycles. The zero-order valence-corrected chi connectivity index (χ0v) is 22.6. The highest BCUT2D eigenvalue weighted by Crippen LogP contribution is 2.39. The summed E-state index contributed by atoms with van der Waals surface area (Å²) in [6, 6.07) is 8.37. The maximum atomic E-state index is 13.2. The van der Waals surface area contributed by atoms with Gasteiger partial charge in [-0.3, -0.25) is 14.4 Å². The lowest BCUT2D eigenvalue weighted by Gasteiger charge is -2.26. The van der Waals surface area contributed by atoms with Gasteiger partial charge in [0.2, 0.25) is 0 Å². The van der Waals surface area contributed by atoms with E-state index in [9.17, 15) is 41.4 Å². The molecule has 2 aromatic rings. The monoisotopic (exact) mass is 589 g/mol. The average molecular weight is 590 g/mol. The smallest absolute Gasteiger partial charge is 0.400 e. The fraction of sp³-hybridized carbons (Fsp3) is 0.464. The third-order valence-corrected chi connectivity index (χ3v) is 7.13. The number of Topliss-reactive ketones (excluding diaryl/α,β-unsaturated/α-hetero) is 2. The molecular formula is C28H29ClF5NO5. The van der Waals surface area contributed by atoms with Crippen LogP contribution < -0.4 is 10.1 Å². The topological polar surface area (TPSA) is 92.7 Å². The van der Waals surface area contributed by atoms with E-state index in [0.717, 1.165) is 13.8 Å². The standard InChI is InChI=1S/C28H29ClF5NO5/c1-26(2,28(32,33)34)23(37)8-5-16-3-6-20(29)18(11-16)21(36)13-17-4-7-22(40-14-24(30)31)19(12-17)25(38)35-15-27(39)9-10-27/h3-4,6-7,11-12,24,39H,5,8-10,13-15H2,1-2H3,(H,35,38). The molecule has 1 aliphatic rings. The van der Waals surface area contributed by atoms with Gasteiger partial charge in [-0.05, 0) is 68.5 Å². The van der Waals surface area contributed by atoms with E-state index in [1.807, 2.05) is 0 Å². The van der Waals surface area contributed by atoms with Gasteiger partial charge in [0.15, 0.2) is 5.78 Å². The minimum Gasteiger partial charge on any atom is -0.487 e. The van der Waals surface area contributed by atoms with Crippen molar-refractivity contribution in [1.29, 1.82) is 0 Å². The number of rotatable bonds is 13. The number of carbonyl (C=O) groups is 3. The molecule has 1 fully saturated rings. The lowest BCUT2D eigenvalue weighted by atomic mass is 9.84. The molecule has 0 atom stereocenters. The van der Waals surface area contributed by atoms with E-state index in [1.54, 1.807) is 0 Å². The van der Waals surface area contributed by atoms with Crippen LogP contribution in [0.3, 0.4) is 0 Å². The highest BCUT2D eigenvalue weighted by molar-refractivity contribution is 6.34. The number of amides is 1. The Hall–Kier alpha value is -3.05. The van der Waals surface area contributed by atoms with Crippen molar-refractivity contribution in [3.63, 3.8) is 0 Å². The van der Waals surface area contributed by atoms with Crippen molar-refractivity contribution in [3.8, 4) is 5.75 Å². The van der Waals surface area contributed by atoms with Crippen LogP contribution in [0.1, 0.15) is 65.0 Å². The number of ketones is 2. The van der Waals surface area contributed by atoms with Crippen molar-refractivity contribution in [3.05, 3.63) is 63.7 Å². The molecule has 0 radical (unpaired) electrons. The van der Waals surface area contributed by atoms with Crippen LogP contribution in [0.15, 0.2) is 36.4 Å². The molecule has 1 amide bonds. The van der Waals surface area contributed by atoms with Crippen LogP contribution in [0.25, 0.3) is 0 Å². The normalized spacial score (nSPS) is 14.7. The Morgan fingerprint density at radius 3 is 2.27 bits per heavy atom. The molecule has 2 N–H and O–H groups in total. The van der Waals surface area contributed by atoms with Gasteiger partial charge in [0.25, 0.3) is 12.3 Å². The second-order valence-corrected chi connectivity index (χ2v) is 10.8. The molecule has 0 aromatic heterocycles. The van der Waals surface area contributed by atoms with Crippen LogP contribution in [0.5, 0.6) is 5.75 Å². The van der Waals surface area contributed by atoms with Crippen LogP contribution >= 0.6 is 11.6 Å². The number of aliphatic hydroxyl groups is 1. The van der Waals surface area contributed by atoms with Gasteiger partial charge in [0.1, 0.15) is 23.6 Å². The van der Waals surface area contributed by atoms with Gasteiger partial charge in [0, 0.05) is 24.9 Å². The van der Waals surface area contributed by atoms with Gasteiger partial charge in [-0.25, -0.2) is 8.78 Å². The average Bonchev–Trinajstić information content (AvgIpc) is 3.62. The van der Waals surface area contributed by atoms with Crippen LogP contribution in [0.4, 0.5) is 22.0 Å². The Morgan fingerprint density at radius 2 is 1.68 bits per heavy atom. The molecule has 1 saturated carbocycles. The van der Waals surface area contributed by atoms with Gasteiger partial charge >= 0.3 is 6.18 Å². The Balaban J connectivity index is 1.76. The van der Waals surface area contributed by atoms with Crippen molar-refractivity contribution in [2.45, 2.75) is 64.2 Å². The van der Waals surface area contributed by atoms with E-state index in [1.165, 1.54) is 36.4 Å². The Labute approximate surface area is 232 Å². The van der Waals surface area contributed by atoms with Crippen LogP contribution in [-0.2, 0) is 17.6 Å². The second kappa shape index (κ2) is 12.2. The number of alkyl halides is 5. The quantitative estimate of drug-likeness (QED) is 0.229. The molecule has 12 heteroatoms. The summed E-state index contributed by atoms with van der Waals surface area (Å²) in [7, 11) is 0. The molecule has 0 unspecified atom stereocenters. The minimum atomic E-state index is -4.70. The summed E-state index contributed by atoms with van der Waals surface area (Å²) in [5.74, 6) is -2.26. The van der Waals surface area contributed by atoms with Crippen molar-refractivity contribution < 1.29 is 46.2 Å². The molecule has 0 aliphatic heterocycles. The maximum absolute atomic E-state index is 13.2. The van der Waals surface area contributed by atoms with Crippen LogP contribution in [-0.4, -0.2) is 53.9 Å². The summed E-state index contributed by atoms with van der Waals surface area (Å²) in [5, 5.41) is 12.6. The first kappa shape index (κ1) is 31.5. The third kappa shape index (κ3) is 8.00. The summed E-state index contributed by atoms with van der Waals surface area (Å²) < 4.78 is 69.9. The number of aryl methyl sites for hydroxylation is 1. The number of carbonyl (C=O) groups excluding carboxylic acids is 3. The minimum absolute atomic E-state index is 0.0334. The first-order valence-electron chi connectivity index (χ1n) is 12.5. The Bertz CT molecular complexity index is 1270.